The first-order valence-electron chi connectivity index (χ1n) is 6.14. The predicted octanol–water partition coefficient (Wildman–Crippen LogP) is 0.360. The van der Waals surface area contributed by atoms with Crippen LogP contribution in [0.5, 0.6) is 0 Å². The second-order valence-corrected chi connectivity index (χ2v) is 6.53. The topological polar surface area (TPSA) is 74.8 Å². The van der Waals surface area contributed by atoms with E-state index < -0.39 is 22.3 Å². The molecule has 0 aromatic carbocycles. The van der Waals surface area contributed by atoms with Crippen LogP contribution in [0.2, 0.25) is 0 Å². The van der Waals surface area contributed by atoms with Crippen molar-refractivity contribution in [3.63, 3.8) is 0 Å². The van der Waals surface area contributed by atoms with Gasteiger partial charge < -0.3 is 0 Å². The maximum absolute atomic E-state index is 12.5. The molecule has 1 rings (SSSR count). The van der Waals surface area contributed by atoms with E-state index >= 15 is 0 Å². The number of nitrogens with zero attached hydrogens (tertiary/aromatic N) is 2. The van der Waals surface area contributed by atoms with Gasteiger partial charge in [0, 0.05) is 13.1 Å². The minimum Gasteiger partial charge on any atom is -0.298 e. The molecule has 6 nitrogen and oxygen atoms in total. The Morgan fingerprint density at radius 3 is 1.53 bits per heavy atom. The van der Waals surface area contributed by atoms with Crippen LogP contribution in [0.1, 0.15) is 27.7 Å². The second kappa shape index (κ2) is 5.94. The lowest BCUT2D eigenvalue weighted by Gasteiger charge is -2.32. The van der Waals surface area contributed by atoms with Crippen LogP contribution < -0.4 is 0 Å². The highest BCUT2D eigenvalue weighted by molar-refractivity contribution is 7.86. The van der Waals surface area contributed by atoms with E-state index in [0.29, 0.717) is 0 Å². The molecule has 0 aromatic heterocycles. The minimum absolute atomic E-state index is 0.143. The van der Waals surface area contributed by atoms with Gasteiger partial charge in [0.2, 0.25) is 0 Å². The summed E-state index contributed by atoms with van der Waals surface area (Å²) in [5, 5.41) is 0. The summed E-state index contributed by atoms with van der Waals surface area (Å²) in [4.78, 5) is 22.9. The van der Waals surface area contributed by atoms with Gasteiger partial charge in [0.25, 0.3) is 10.2 Å². The lowest BCUT2D eigenvalue weighted by molar-refractivity contribution is -0.120. The third kappa shape index (κ3) is 3.29. The Balaban J connectivity index is 3.19. The molecule has 1 aliphatic rings. The largest absolute Gasteiger partial charge is 0.298 e. The highest BCUT2D eigenvalue weighted by Crippen LogP contribution is 2.19. The van der Waals surface area contributed by atoms with Crippen molar-refractivity contribution in [2.24, 2.45) is 0 Å². The average Bonchev–Trinajstić information content (AvgIpc) is 2.45. The smallest absolute Gasteiger partial charge is 0.283 e. The van der Waals surface area contributed by atoms with Gasteiger partial charge in [-0.25, -0.2) is 0 Å². The monoisotopic (exact) mass is 288 g/mol. The van der Waals surface area contributed by atoms with Gasteiger partial charge in [-0.2, -0.15) is 17.0 Å². The van der Waals surface area contributed by atoms with Gasteiger partial charge in [-0.3, -0.25) is 9.59 Å². The summed E-state index contributed by atoms with van der Waals surface area (Å²) in [5.74, 6) is -0.455. The van der Waals surface area contributed by atoms with Crippen LogP contribution in [0.15, 0.2) is 12.2 Å². The summed E-state index contributed by atoms with van der Waals surface area (Å²) in [6.07, 6.45) is 3.40. The van der Waals surface area contributed by atoms with Crippen LogP contribution in [0.3, 0.4) is 0 Å². The summed E-state index contributed by atoms with van der Waals surface area (Å²) in [5.41, 5.74) is 0. The van der Waals surface area contributed by atoms with Crippen LogP contribution in [-0.4, -0.2) is 53.8 Å². The highest BCUT2D eigenvalue weighted by atomic mass is 32.2. The highest BCUT2D eigenvalue weighted by Gasteiger charge is 2.38. The first-order chi connectivity index (χ1) is 8.69. The molecule has 0 aromatic rings. The number of rotatable bonds is 4. The van der Waals surface area contributed by atoms with Crippen molar-refractivity contribution in [1.29, 1.82) is 0 Å². The standard InChI is InChI=1S/C12H20N2O4S/c1-9(11(3)15)13-7-5-6-8-14(19(13,17)18)10(2)12(4)16/h5-6,9-10H,7-8H2,1-4H3. The molecule has 0 amide bonds. The molecule has 0 bridgehead atoms. The molecule has 108 valence electrons. The third-order valence-corrected chi connectivity index (χ3v) is 5.49. The molecule has 1 heterocycles. The van der Waals surface area contributed by atoms with Gasteiger partial charge in [-0.15, -0.1) is 0 Å². The van der Waals surface area contributed by atoms with Crippen LogP contribution >= 0.6 is 0 Å². The van der Waals surface area contributed by atoms with Crippen molar-refractivity contribution >= 4 is 21.8 Å². The average molecular weight is 288 g/mol. The molecule has 0 spiro atoms. The fourth-order valence-electron chi connectivity index (χ4n) is 1.80. The number of Topliss-reactive ketones (excluding diaryl/α,β-unsaturated/α-hetero) is 2. The van der Waals surface area contributed by atoms with E-state index in [2.05, 4.69) is 0 Å². The Kier molecular flexibility index (Phi) is 5.00. The molecule has 1 aliphatic heterocycles. The van der Waals surface area contributed by atoms with Crippen molar-refractivity contribution in [2.45, 2.75) is 39.8 Å². The molecular weight excluding hydrogens is 268 g/mol. The fraction of sp³-hybridized carbons (Fsp3) is 0.667. The Morgan fingerprint density at radius 1 is 0.947 bits per heavy atom. The summed E-state index contributed by atoms with van der Waals surface area (Å²) >= 11 is 0. The van der Waals surface area contributed by atoms with Gasteiger partial charge in [0.15, 0.2) is 0 Å². The zero-order valence-corrected chi connectivity index (χ0v) is 12.5. The molecule has 2 atom stereocenters. The molecule has 0 saturated carbocycles. The summed E-state index contributed by atoms with van der Waals surface area (Å²) in [6, 6.07) is -1.48. The predicted molar refractivity (Wildman–Crippen MR) is 71.8 cm³/mol. The van der Waals surface area contributed by atoms with E-state index in [4.69, 9.17) is 0 Å². The minimum atomic E-state index is -3.83. The zero-order chi connectivity index (χ0) is 14.8. The van der Waals surface area contributed by atoms with Gasteiger partial charge in [0.1, 0.15) is 11.6 Å². The van der Waals surface area contributed by atoms with Crippen molar-refractivity contribution in [3.05, 3.63) is 12.2 Å². The zero-order valence-electron chi connectivity index (χ0n) is 11.7. The Labute approximate surface area is 114 Å². The van der Waals surface area contributed by atoms with Crippen molar-refractivity contribution in [3.8, 4) is 0 Å². The van der Waals surface area contributed by atoms with Gasteiger partial charge in [-0.05, 0) is 27.7 Å². The molecule has 19 heavy (non-hydrogen) atoms. The first-order valence-corrected chi connectivity index (χ1v) is 7.53. The van der Waals surface area contributed by atoms with Gasteiger partial charge >= 0.3 is 0 Å². The maximum Gasteiger partial charge on any atom is 0.283 e. The Hall–Kier alpha value is -1.05. The van der Waals surface area contributed by atoms with Gasteiger partial charge in [0.05, 0.1) is 12.1 Å². The fourth-order valence-corrected chi connectivity index (χ4v) is 3.72. The number of carbonyl (C=O) groups is 2. The molecular formula is C12H20N2O4S. The van der Waals surface area contributed by atoms with E-state index in [-0.39, 0.29) is 24.7 Å². The molecule has 0 radical (unpaired) electrons. The number of ketones is 2. The van der Waals surface area contributed by atoms with Crippen LogP contribution in [0, 0.1) is 0 Å². The lowest BCUT2D eigenvalue weighted by atomic mass is 10.2. The molecule has 0 saturated heterocycles. The van der Waals surface area contributed by atoms with E-state index in [1.807, 2.05) is 0 Å². The SMILES string of the molecule is CC(=O)C(C)N1CC=CCN(C(C)C(C)=O)S1(=O)=O. The van der Waals surface area contributed by atoms with Crippen LogP contribution in [0.25, 0.3) is 0 Å². The van der Waals surface area contributed by atoms with E-state index in [9.17, 15) is 18.0 Å². The number of carbonyl (C=O) groups excluding carboxylic acids is 2. The molecule has 2 unspecified atom stereocenters. The second-order valence-electron chi connectivity index (χ2n) is 4.69. The molecule has 7 heteroatoms. The Bertz CT molecular complexity index is 460. The number of hydrogen-bond acceptors (Lipinski definition) is 4. The third-order valence-electron chi connectivity index (χ3n) is 3.37. The van der Waals surface area contributed by atoms with E-state index in [1.165, 1.54) is 13.8 Å². The van der Waals surface area contributed by atoms with Crippen LogP contribution in [0.4, 0.5) is 0 Å². The maximum atomic E-state index is 12.5. The van der Waals surface area contributed by atoms with E-state index in [1.54, 1.807) is 26.0 Å². The first kappa shape index (κ1) is 16.0. The van der Waals surface area contributed by atoms with Crippen molar-refractivity contribution < 1.29 is 18.0 Å². The van der Waals surface area contributed by atoms with Crippen LogP contribution in [-0.2, 0) is 19.8 Å². The lowest BCUT2D eigenvalue weighted by Crippen LogP contribution is -2.52. The van der Waals surface area contributed by atoms with Gasteiger partial charge in [-0.1, -0.05) is 12.2 Å². The summed E-state index contributed by atoms with van der Waals surface area (Å²) < 4.78 is 27.3. The Morgan fingerprint density at radius 2 is 1.26 bits per heavy atom. The van der Waals surface area contributed by atoms with E-state index in [0.717, 1.165) is 8.61 Å². The molecule has 0 fully saturated rings. The number of hydrogen-bond donors (Lipinski definition) is 0. The normalized spacial score (nSPS) is 23.6. The molecule has 0 N–H and O–H groups in total. The molecule has 0 aliphatic carbocycles. The van der Waals surface area contributed by atoms with Crippen molar-refractivity contribution in [2.75, 3.05) is 13.1 Å². The summed E-state index contributed by atoms with van der Waals surface area (Å²) in [6.45, 7) is 6.10. The summed E-state index contributed by atoms with van der Waals surface area (Å²) in [7, 11) is -3.83. The van der Waals surface area contributed by atoms with Crippen molar-refractivity contribution in [1.82, 2.24) is 8.61 Å². The quantitative estimate of drug-likeness (QED) is 0.700.